The van der Waals surface area contributed by atoms with Crippen molar-refractivity contribution in [1.82, 2.24) is 10.6 Å². The summed E-state index contributed by atoms with van der Waals surface area (Å²) in [5, 5.41) is 33.1. The number of hydrogen-bond acceptors (Lipinski definition) is 7. The van der Waals surface area contributed by atoms with Crippen LogP contribution in [0, 0.1) is 0 Å². The number of aliphatic carboxylic acids is 3. The van der Waals surface area contributed by atoms with Crippen molar-refractivity contribution >= 4 is 58.9 Å². The minimum atomic E-state index is -1.07. The van der Waals surface area contributed by atoms with Gasteiger partial charge >= 0.3 is 23.9 Å². The molecule has 0 saturated heterocycles. The Morgan fingerprint density at radius 2 is 0.964 bits per heavy atom. The Hall–Kier alpha value is -5.72. The Bertz CT molecular complexity index is 1950. The Balaban J connectivity index is 0.000000301. The standard InChI is InChI=1S/C22H24ClNO5.C20H20ClNO5/c1-2-29-22(28)14-19(24-20(25)10-11-21(26)27)12-15-6-8-16(9-7-15)17-4-3-5-18(23)13-17;21-16-3-1-2-15(11-16)14-6-4-13(5-7-14)10-17(12-20(26)27)22-18(23)8-9-19(24)25/h3-9,13,19H,2,10-12,14H2,1H3,(H,24,25)(H,26,27);1-7,11,17H,8-10,12H2,(H,22,23)(H,24,25)(H,26,27)/t19-;17-/m11/s1. The van der Waals surface area contributed by atoms with Gasteiger partial charge in [-0.1, -0.05) is 96.0 Å². The zero-order chi connectivity index (χ0) is 41.0. The van der Waals surface area contributed by atoms with E-state index in [0.29, 0.717) is 22.9 Å². The second-order valence-corrected chi connectivity index (χ2v) is 13.6. The van der Waals surface area contributed by atoms with Crippen molar-refractivity contribution in [1.29, 1.82) is 0 Å². The van der Waals surface area contributed by atoms with Crippen LogP contribution in [0.3, 0.4) is 0 Å². The summed E-state index contributed by atoms with van der Waals surface area (Å²) in [7, 11) is 0. The third-order valence-electron chi connectivity index (χ3n) is 8.19. The number of carboxylic acids is 3. The van der Waals surface area contributed by atoms with Crippen molar-refractivity contribution in [3.8, 4) is 22.3 Å². The Kier molecular flexibility index (Phi) is 18.6. The lowest BCUT2D eigenvalue weighted by Gasteiger charge is -2.18. The normalized spacial score (nSPS) is 11.6. The summed E-state index contributed by atoms with van der Waals surface area (Å²) in [5.74, 6) is -4.44. The molecular weight excluding hydrogens is 763 g/mol. The molecule has 0 unspecified atom stereocenters. The number of hydrogen-bond donors (Lipinski definition) is 5. The maximum absolute atomic E-state index is 12.0. The summed E-state index contributed by atoms with van der Waals surface area (Å²) in [5.41, 5.74) is 5.74. The average Bonchev–Trinajstić information content (AvgIpc) is 3.14. The summed E-state index contributed by atoms with van der Waals surface area (Å²) < 4.78 is 4.98. The number of nitrogens with one attached hydrogen (secondary N) is 2. The molecule has 0 radical (unpaired) electrons. The highest BCUT2D eigenvalue weighted by Crippen LogP contribution is 2.25. The van der Waals surface area contributed by atoms with E-state index in [4.69, 9.17) is 43.3 Å². The number of rotatable bonds is 19. The van der Waals surface area contributed by atoms with Gasteiger partial charge in [-0.05, 0) is 77.4 Å². The summed E-state index contributed by atoms with van der Waals surface area (Å²) in [6.45, 7) is 1.97. The molecule has 0 fully saturated rings. The molecule has 4 aromatic rings. The molecule has 296 valence electrons. The third-order valence-corrected chi connectivity index (χ3v) is 8.66. The zero-order valence-electron chi connectivity index (χ0n) is 30.7. The van der Waals surface area contributed by atoms with Gasteiger partial charge in [0.1, 0.15) is 0 Å². The minimum absolute atomic E-state index is 0.0166. The number of carboxylic acid groups (broad SMARTS) is 3. The molecular formula is C42H44Cl2N2O10. The van der Waals surface area contributed by atoms with Crippen molar-refractivity contribution in [3.63, 3.8) is 0 Å². The molecule has 4 aromatic carbocycles. The van der Waals surface area contributed by atoms with Crippen LogP contribution in [0.1, 0.15) is 56.6 Å². The van der Waals surface area contributed by atoms with E-state index in [1.807, 2.05) is 91.0 Å². The lowest BCUT2D eigenvalue weighted by Crippen LogP contribution is -2.38. The van der Waals surface area contributed by atoms with Gasteiger partial charge in [0, 0.05) is 35.0 Å². The summed E-state index contributed by atoms with van der Waals surface area (Å²) in [6.07, 6.45) is -0.334. The van der Waals surface area contributed by atoms with Gasteiger partial charge in [-0.25, -0.2) is 0 Å². The molecule has 0 aliphatic rings. The van der Waals surface area contributed by atoms with Crippen LogP contribution >= 0.6 is 23.2 Å². The second kappa shape index (κ2) is 23.3. The molecule has 2 atom stereocenters. The van der Waals surface area contributed by atoms with Gasteiger partial charge in [0.25, 0.3) is 0 Å². The van der Waals surface area contributed by atoms with Gasteiger partial charge in [-0.15, -0.1) is 0 Å². The lowest BCUT2D eigenvalue weighted by atomic mass is 9.99. The SMILES string of the molecule is CCOC(=O)C[C@@H](Cc1ccc(-c2cccc(Cl)c2)cc1)NC(=O)CCC(=O)O.O=C(O)CCC(=O)N[C@@H](CC(=O)O)Cc1ccc(-c2cccc(Cl)c2)cc1. The molecule has 0 saturated carbocycles. The van der Waals surface area contributed by atoms with E-state index in [9.17, 15) is 28.8 Å². The van der Waals surface area contributed by atoms with Crippen LogP contribution in [0.25, 0.3) is 22.3 Å². The van der Waals surface area contributed by atoms with E-state index >= 15 is 0 Å². The molecule has 5 N–H and O–H groups in total. The number of benzene rings is 4. The summed E-state index contributed by atoms with van der Waals surface area (Å²) >= 11 is 12.0. The van der Waals surface area contributed by atoms with Crippen LogP contribution in [0.4, 0.5) is 0 Å². The Morgan fingerprint density at radius 3 is 1.32 bits per heavy atom. The van der Waals surface area contributed by atoms with Crippen molar-refractivity contribution in [3.05, 3.63) is 118 Å². The van der Waals surface area contributed by atoms with Gasteiger partial charge in [0.2, 0.25) is 11.8 Å². The number of ether oxygens (including phenoxy) is 1. The van der Waals surface area contributed by atoms with Crippen molar-refractivity contribution < 1.29 is 48.8 Å². The molecule has 2 amide bonds. The first-order valence-corrected chi connectivity index (χ1v) is 18.6. The maximum Gasteiger partial charge on any atom is 0.307 e. The van der Waals surface area contributed by atoms with E-state index in [2.05, 4.69) is 10.6 Å². The highest BCUT2D eigenvalue weighted by atomic mass is 35.5. The second-order valence-electron chi connectivity index (χ2n) is 12.7. The molecule has 0 spiro atoms. The highest BCUT2D eigenvalue weighted by Gasteiger charge is 2.19. The first kappa shape index (κ1) is 44.7. The van der Waals surface area contributed by atoms with Crippen LogP contribution in [0.15, 0.2) is 97.1 Å². The molecule has 0 bridgehead atoms. The van der Waals surface area contributed by atoms with Crippen LogP contribution < -0.4 is 10.6 Å². The lowest BCUT2D eigenvalue weighted by molar-refractivity contribution is -0.144. The van der Waals surface area contributed by atoms with Crippen LogP contribution in [-0.4, -0.2) is 69.7 Å². The quantitative estimate of drug-likeness (QED) is 0.0603. The van der Waals surface area contributed by atoms with E-state index < -0.39 is 47.8 Å². The minimum Gasteiger partial charge on any atom is -0.481 e. The third kappa shape index (κ3) is 17.2. The fraction of sp³-hybridized carbons (Fsp3) is 0.286. The van der Waals surface area contributed by atoms with E-state index in [-0.39, 0.29) is 45.1 Å². The van der Waals surface area contributed by atoms with Crippen LogP contribution in [-0.2, 0) is 46.3 Å². The van der Waals surface area contributed by atoms with Gasteiger partial charge in [-0.2, -0.15) is 0 Å². The molecule has 12 nitrogen and oxygen atoms in total. The smallest absolute Gasteiger partial charge is 0.307 e. The predicted octanol–water partition coefficient (Wildman–Crippen LogP) is 7.23. The highest BCUT2D eigenvalue weighted by molar-refractivity contribution is 6.31. The summed E-state index contributed by atoms with van der Waals surface area (Å²) in [6, 6.07) is 29.2. The monoisotopic (exact) mass is 806 g/mol. The molecule has 0 aliphatic carbocycles. The molecule has 0 aliphatic heterocycles. The molecule has 4 rings (SSSR count). The number of halogens is 2. The van der Waals surface area contributed by atoms with E-state index in [1.165, 1.54) is 0 Å². The molecule has 0 heterocycles. The first-order valence-electron chi connectivity index (χ1n) is 17.8. The Morgan fingerprint density at radius 1 is 0.554 bits per heavy atom. The van der Waals surface area contributed by atoms with Crippen molar-refractivity contribution in [2.45, 2.75) is 70.4 Å². The number of carbonyl (C=O) groups excluding carboxylic acids is 3. The zero-order valence-corrected chi connectivity index (χ0v) is 32.2. The van der Waals surface area contributed by atoms with Crippen molar-refractivity contribution in [2.24, 2.45) is 0 Å². The molecule has 14 heteroatoms. The van der Waals surface area contributed by atoms with Gasteiger partial charge in [0.05, 0.1) is 32.3 Å². The van der Waals surface area contributed by atoms with Crippen LogP contribution in [0.2, 0.25) is 10.0 Å². The summed E-state index contributed by atoms with van der Waals surface area (Å²) in [4.78, 5) is 68.0. The number of esters is 1. The van der Waals surface area contributed by atoms with Gasteiger partial charge < -0.3 is 30.7 Å². The fourth-order valence-electron chi connectivity index (χ4n) is 5.59. The van der Waals surface area contributed by atoms with Crippen LogP contribution in [0.5, 0.6) is 0 Å². The Labute approximate surface area is 334 Å². The largest absolute Gasteiger partial charge is 0.481 e. The number of amides is 2. The molecule has 56 heavy (non-hydrogen) atoms. The average molecular weight is 808 g/mol. The fourth-order valence-corrected chi connectivity index (χ4v) is 5.97. The predicted molar refractivity (Wildman–Crippen MR) is 212 cm³/mol. The van der Waals surface area contributed by atoms with Gasteiger partial charge in [0.15, 0.2) is 0 Å². The van der Waals surface area contributed by atoms with E-state index in [1.54, 1.807) is 13.0 Å². The maximum atomic E-state index is 12.0. The molecule has 0 aromatic heterocycles. The van der Waals surface area contributed by atoms with Gasteiger partial charge in [-0.3, -0.25) is 28.8 Å². The topological polar surface area (TPSA) is 196 Å². The first-order chi connectivity index (χ1) is 26.7. The van der Waals surface area contributed by atoms with E-state index in [0.717, 1.165) is 33.4 Å². The number of carbonyl (C=O) groups is 6. The van der Waals surface area contributed by atoms with Crippen molar-refractivity contribution in [2.75, 3.05) is 6.61 Å².